The maximum Gasteiger partial charge on any atom is 0.226 e. The molecule has 2 unspecified atom stereocenters. The van der Waals surface area contributed by atoms with E-state index in [1.54, 1.807) is 0 Å². The Morgan fingerprint density at radius 2 is 2.00 bits per heavy atom. The van der Waals surface area contributed by atoms with Gasteiger partial charge in [0.2, 0.25) is 5.91 Å². The largest absolute Gasteiger partial charge is 0.369 e. The maximum absolute atomic E-state index is 12.3. The normalized spacial score (nSPS) is 25.1. The number of benzene rings is 1. The molecule has 4 heteroatoms. The highest BCUT2D eigenvalue weighted by molar-refractivity contribution is 5.81. The molecule has 4 nitrogen and oxygen atoms in total. The highest BCUT2D eigenvalue weighted by Crippen LogP contribution is 2.39. The third kappa shape index (κ3) is 2.87. The van der Waals surface area contributed by atoms with Crippen molar-refractivity contribution in [3.63, 3.8) is 0 Å². The quantitative estimate of drug-likeness (QED) is 0.836. The smallest absolute Gasteiger partial charge is 0.226 e. The molecule has 1 aromatic carbocycles. The van der Waals surface area contributed by atoms with E-state index in [4.69, 9.17) is 0 Å². The fourth-order valence-electron chi connectivity index (χ4n) is 3.12. The minimum Gasteiger partial charge on any atom is -0.369 e. The van der Waals surface area contributed by atoms with Crippen molar-refractivity contribution >= 4 is 11.6 Å². The van der Waals surface area contributed by atoms with Gasteiger partial charge in [0.1, 0.15) is 6.07 Å². The fourth-order valence-corrected chi connectivity index (χ4v) is 3.12. The highest BCUT2D eigenvalue weighted by Gasteiger charge is 2.41. The van der Waals surface area contributed by atoms with E-state index in [2.05, 4.69) is 17.9 Å². The van der Waals surface area contributed by atoms with Crippen LogP contribution < -0.4 is 4.90 Å². The van der Waals surface area contributed by atoms with Crippen molar-refractivity contribution in [2.75, 3.05) is 31.1 Å². The summed E-state index contributed by atoms with van der Waals surface area (Å²) in [5.74, 6) is 1.16. The number of carbonyl (C=O) groups is 1. The van der Waals surface area contributed by atoms with E-state index in [9.17, 15) is 10.1 Å². The van der Waals surface area contributed by atoms with E-state index < -0.39 is 0 Å². The summed E-state index contributed by atoms with van der Waals surface area (Å²) >= 11 is 0. The van der Waals surface area contributed by atoms with Crippen LogP contribution in [0, 0.1) is 23.2 Å². The van der Waals surface area contributed by atoms with Crippen LogP contribution in [0.5, 0.6) is 0 Å². The predicted octanol–water partition coefficient (Wildman–Crippen LogP) is 2.25. The van der Waals surface area contributed by atoms with Crippen LogP contribution in [0.2, 0.25) is 0 Å². The summed E-state index contributed by atoms with van der Waals surface area (Å²) in [6.07, 6.45) is 2.02. The van der Waals surface area contributed by atoms with E-state index in [-0.39, 0.29) is 5.92 Å². The number of nitriles is 1. The Bertz CT molecular complexity index is 578. The SMILES string of the molecule is CC1CC1C(=O)N1CCCN(c2ccccc2C#N)CC1. The Kier molecular flexibility index (Phi) is 3.83. The van der Waals surface area contributed by atoms with Gasteiger partial charge in [-0.3, -0.25) is 4.79 Å². The van der Waals surface area contributed by atoms with Crippen LogP contribution in [0.15, 0.2) is 24.3 Å². The first kappa shape index (κ1) is 13.9. The van der Waals surface area contributed by atoms with Gasteiger partial charge in [-0.05, 0) is 30.9 Å². The zero-order valence-corrected chi connectivity index (χ0v) is 12.5. The number of amides is 1. The van der Waals surface area contributed by atoms with E-state index in [0.717, 1.165) is 44.7 Å². The molecule has 21 heavy (non-hydrogen) atoms. The molecule has 0 bridgehead atoms. The molecular weight excluding hydrogens is 262 g/mol. The van der Waals surface area contributed by atoms with Crippen molar-refractivity contribution < 1.29 is 4.79 Å². The van der Waals surface area contributed by atoms with Crippen molar-refractivity contribution in [1.29, 1.82) is 5.26 Å². The summed E-state index contributed by atoms with van der Waals surface area (Å²) in [7, 11) is 0. The van der Waals surface area contributed by atoms with Gasteiger partial charge in [0.25, 0.3) is 0 Å². The van der Waals surface area contributed by atoms with Gasteiger partial charge in [0.05, 0.1) is 11.3 Å². The second kappa shape index (κ2) is 5.77. The summed E-state index contributed by atoms with van der Waals surface area (Å²) < 4.78 is 0. The second-order valence-electron chi connectivity index (χ2n) is 6.11. The number of hydrogen-bond acceptors (Lipinski definition) is 3. The molecule has 2 atom stereocenters. The van der Waals surface area contributed by atoms with Crippen LogP contribution in [-0.4, -0.2) is 37.0 Å². The summed E-state index contributed by atoms with van der Waals surface area (Å²) in [6, 6.07) is 9.98. The lowest BCUT2D eigenvalue weighted by molar-refractivity contribution is -0.132. The first-order valence-corrected chi connectivity index (χ1v) is 7.73. The van der Waals surface area contributed by atoms with Gasteiger partial charge in [0, 0.05) is 32.1 Å². The standard InChI is InChI=1S/C17H21N3O/c1-13-11-15(13)17(21)20-8-4-7-19(9-10-20)16-6-3-2-5-14(16)12-18/h2-3,5-6,13,15H,4,7-11H2,1H3. The van der Waals surface area contributed by atoms with Gasteiger partial charge in [-0.2, -0.15) is 5.26 Å². The summed E-state index contributed by atoms with van der Waals surface area (Å²) in [4.78, 5) is 16.6. The molecule has 1 saturated carbocycles. The zero-order chi connectivity index (χ0) is 14.8. The third-order valence-electron chi connectivity index (χ3n) is 4.60. The Morgan fingerprint density at radius 3 is 2.71 bits per heavy atom. The number of para-hydroxylation sites is 1. The van der Waals surface area contributed by atoms with E-state index in [1.165, 1.54) is 0 Å². The van der Waals surface area contributed by atoms with Crippen molar-refractivity contribution in [3.8, 4) is 6.07 Å². The summed E-state index contributed by atoms with van der Waals surface area (Å²) in [5.41, 5.74) is 1.71. The Hall–Kier alpha value is -2.02. The molecule has 1 amide bonds. The van der Waals surface area contributed by atoms with Gasteiger partial charge >= 0.3 is 0 Å². The lowest BCUT2D eigenvalue weighted by atomic mass is 10.1. The van der Waals surface area contributed by atoms with Crippen LogP contribution >= 0.6 is 0 Å². The van der Waals surface area contributed by atoms with Crippen LogP contribution in [0.1, 0.15) is 25.3 Å². The molecule has 3 rings (SSSR count). The van der Waals surface area contributed by atoms with Crippen LogP contribution in [-0.2, 0) is 4.79 Å². The zero-order valence-electron chi connectivity index (χ0n) is 12.5. The molecule has 1 aliphatic carbocycles. The van der Waals surface area contributed by atoms with Crippen molar-refractivity contribution in [2.45, 2.75) is 19.8 Å². The average Bonchev–Trinajstić information content (AvgIpc) is 3.28. The predicted molar refractivity (Wildman–Crippen MR) is 81.8 cm³/mol. The Morgan fingerprint density at radius 1 is 1.24 bits per heavy atom. The molecule has 110 valence electrons. The topological polar surface area (TPSA) is 47.3 Å². The van der Waals surface area contributed by atoms with Crippen LogP contribution in [0.4, 0.5) is 5.69 Å². The van der Waals surface area contributed by atoms with Gasteiger partial charge < -0.3 is 9.80 Å². The minimum atomic E-state index is 0.267. The molecule has 0 radical (unpaired) electrons. The van der Waals surface area contributed by atoms with Crippen LogP contribution in [0.3, 0.4) is 0 Å². The van der Waals surface area contributed by atoms with E-state index in [0.29, 0.717) is 17.4 Å². The van der Waals surface area contributed by atoms with Gasteiger partial charge in [-0.1, -0.05) is 19.1 Å². The van der Waals surface area contributed by atoms with Crippen LogP contribution in [0.25, 0.3) is 0 Å². The van der Waals surface area contributed by atoms with Crippen molar-refractivity contribution in [3.05, 3.63) is 29.8 Å². The van der Waals surface area contributed by atoms with E-state index in [1.807, 2.05) is 29.2 Å². The van der Waals surface area contributed by atoms with E-state index >= 15 is 0 Å². The number of nitrogens with zero attached hydrogens (tertiary/aromatic N) is 3. The lowest BCUT2D eigenvalue weighted by Gasteiger charge is -2.24. The number of carbonyl (C=O) groups excluding carboxylic acids is 1. The molecule has 2 fully saturated rings. The Balaban J connectivity index is 1.68. The molecule has 0 N–H and O–H groups in total. The van der Waals surface area contributed by atoms with Crippen molar-refractivity contribution in [1.82, 2.24) is 4.90 Å². The molecule has 1 heterocycles. The lowest BCUT2D eigenvalue weighted by Crippen LogP contribution is -2.36. The van der Waals surface area contributed by atoms with Gasteiger partial charge in [-0.25, -0.2) is 0 Å². The molecule has 1 aliphatic heterocycles. The molecule has 1 saturated heterocycles. The third-order valence-corrected chi connectivity index (χ3v) is 4.60. The molecule has 0 spiro atoms. The minimum absolute atomic E-state index is 0.267. The maximum atomic E-state index is 12.3. The fraction of sp³-hybridized carbons (Fsp3) is 0.529. The number of rotatable bonds is 2. The Labute approximate surface area is 126 Å². The first-order valence-electron chi connectivity index (χ1n) is 7.73. The molecule has 2 aliphatic rings. The summed E-state index contributed by atoms with van der Waals surface area (Å²) in [6.45, 7) is 5.47. The number of anilines is 1. The average molecular weight is 283 g/mol. The molecule has 1 aromatic rings. The first-order chi connectivity index (χ1) is 10.2. The second-order valence-corrected chi connectivity index (χ2v) is 6.11. The highest BCUT2D eigenvalue weighted by atomic mass is 16.2. The molecular formula is C17H21N3O. The summed E-state index contributed by atoms with van der Waals surface area (Å²) in [5, 5.41) is 9.23. The van der Waals surface area contributed by atoms with Gasteiger partial charge in [0.15, 0.2) is 0 Å². The number of hydrogen-bond donors (Lipinski definition) is 0. The monoisotopic (exact) mass is 283 g/mol. The van der Waals surface area contributed by atoms with Gasteiger partial charge in [-0.15, -0.1) is 0 Å². The van der Waals surface area contributed by atoms with Crippen molar-refractivity contribution in [2.24, 2.45) is 11.8 Å². The molecule has 0 aromatic heterocycles.